The summed E-state index contributed by atoms with van der Waals surface area (Å²) in [7, 11) is 0. The average molecular weight is 323 g/mol. The lowest BCUT2D eigenvalue weighted by molar-refractivity contribution is 0.585. The number of hydrogen-bond acceptors (Lipinski definition) is 3. The van der Waals surface area contributed by atoms with Gasteiger partial charge in [0.05, 0.1) is 0 Å². The van der Waals surface area contributed by atoms with Crippen LogP contribution < -0.4 is 10.2 Å². The summed E-state index contributed by atoms with van der Waals surface area (Å²) in [6.07, 6.45) is 1.84. The van der Waals surface area contributed by atoms with Crippen LogP contribution in [0.4, 0.5) is 5.82 Å². The highest BCUT2D eigenvalue weighted by atomic mass is 79.9. The average Bonchev–Trinajstić information content (AvgIpc) is 2.20. The van der Waals surface area contributed by atoms with E-state index in [-0.39, 0.29) is 17.0 Å². The first-order valence-corrected chi connectivity index (χ1v) is 5.23. The first kappa shape index (κ1) is 11.9. The number of nitrogens with one attached hydrogen (secondary N) is 1. The van der Waals surface area contributed by atoms with Gasteiger partial charge in [0.1, 0.15) is 5.82 Å². The van der Waals surface area contributed by atoms with E-state index in [1.165, 1.54) is 0 Å². The zero-order valence-corrected chi connectivity index (χ0v) is 11.0. The Morgan fingerprint density at radius 1 is 1.29 bits per heavy atom. The second kappa shape index (κ2) is 5.68. The van der Waals surface area contributed by atoms with Crippen molar-refractivity contribution in [3.8, 4) is 0 Å². The van der Waals surface area contributed by atoms with E-state index in [9.17, 15) is 0 Å². The van der Waals surface area contributed by atoms with Crippen molar-refractivity contribution >= 4 is 38.7 Å². The molecule has 14 heavy (non-hydrogen) atoms. The van der Waals surface area contributed by atoms with Gasteiger partial charge in [-0.15, -0.1) is 17.0 Å². The first-order chi connectivity index (χ1) is 6.36. The zero-order valence-electron chi connectivity index (χ0n) is 7.74. The molecule has 2 rings (SSSR count). The molecule has 1 fully saturated rings. The number of anilines is 1. The van der Waals surface area contributed by atoms with Crippen molar-refractivity contribution < 1.29 is 0 Å². The van der Waals surface area contributed by atoms with E-state index in [0.717, 1.165) is 36.5 Å². The maximum absolute atomic E-state index is 4.35. The summed E-state index contributed by atoms with van der Waals surface area (Å²) in [5.74, 6) is 1.07. The largest absolute Gasteiger partial charge is 0.354 e. The van der Waals surface area contributed by atoms with Gasteiger partial charge in [-0.3, -0.25) is 0 Å². The highest BCUT2D eigenvalue weighted by Gasteiger charge is 2.10. The fourth-order valence-corrected chi connectivity index (χ4v) is 1.68. The van der Waals surface area contributed by atoms with Crippen molar-refractivity contribution in [1.82, 2.24) is 10.3 Å². The molecule has 2 heterocycles. The minimum atomic E-state index is 0. The number of rotatable bonds is 1. The van der Waals surface area contributed by atoms with Gasteiger partial charge in [-0.05, 0) is 28.1 Å². The van der Waals surface area contributed by atoms with Crippen LogP contribution in [-0.4, -0.2) is 31.2 Å². The monoisotopic (exact) mass is 321 g/mol. The summed E-state index contributed by atoms with van der Waals surface area (Å²) < 4.78 is 1.03. The number of nitrogens with zero attached hydrogens (tertiary/aromatic N) is 2. The molecule has 0 spiro atoms. The fourth-order valence-electron chi connectivity index (χ4n) is 1.45. The number of halogens is 2. The molecular formula is C9H13Br2N3. The van der Waals surface area contributed by atoms with E-state index < -0.39 is 0 Å². The lowest BCUT2D eigenvalue weighted by Gasteiger charge is -2.28. The van der Waals surface area contributed by atoms with Crippen molar-refractivity contribution in [2.75, 3.05) is 31.1 Å². The van der Waals surface area contributed by atoms with E-state index in [2.05, 4.69) is 37.2 Å². The molecule has 1 N–H and O–H groups in total. The van der Waals surface area contributed by atoms with Crippen molar-refractivity contribution in [3.05, 3.63) is 22.8 Å². The normalized spacial score (nSPS) is 16.2. The Balaban J connectivity index is 0.000000980. The molecule has 3 nitrogen and oxygen atoms in total. The van der Waals surface area contributed by atoms with Gasteiger partial charge < -0.3 is 10.2 Å². The number of piperazine rings is 1. The second-order valence-electron chi connectivity index (χ2n) is 3.07. The number of pyridine rings is 1. The van der Waals surface area contributed by atoms with Gasteiger partial charge in [0.2, 0.25) is 0 Å². The van der Waals surface area contributed by atoms with Crippen LogP contribution in [0.5, 0.6) is 0 Å². The maximum Gasteiger partial charge on any atom is 0.128 e. The molecule has 0 bridgehead atoms. The molecule has 1 saturated heterocycles. The van der Waals surface area contributed by atoms with Crippen molar-refractivity contribution in [2.24, 2.45) is 0 Å². The Bertz CT molecular complexity index is 270. The summed E-state index contributed by atoms with van der Waals surface area (Å²) in [6.45, 7) is 4.21. The highest BCUT2D eigenvalue weighted by molar-refractivity contribution is 9.10. The van der Waals surface area contributed by atoms with E-state index in [1.54, 1.807) is 0 Å². The van der Waals surface area contributed by atoms with Gasteiger partial charge in [0.15, 0.2) is 0 Å². The second-order valence-corrected chi connectivity index (χ2v) is 3.99. The Kier molecular flexibility index (Phi) is 4.84. The molecule has 78 valence electrons. The standard InChI is InChI=1S/C9H12BrN3.BrH/c10-8-1-2-9(12-7-8)13-5-3-11-4-6-13;/h1-2,7,11H,3-6H2;1H. The van der Waals surface area contributed by atoms with E-state index in [1.807, 2.05) is 12.3 Å². The summed E-state index contributed by atoms with van der Waals surface area (Å²) >= 11 is 3.38. The number of aromatic nitrogens is 1. The van der Waals surface area contributed by atoms with Crippen LogP contribution in [0.25, 0.3) is 0 Å². The van der Waals surface area contributed by atoms with Crippen LogP contribution in [0.15, 0.2) is 22.8 Å². The summed E-state index contributed by atoms with van der Waals surface area (Å²) in [5.41, 5.74) is 0. The fraction of sp³-hybridized carbons (Fsp3) is 0.444. The molecule has 0 aromatic carbocycles. The molecule has 0 radical (unpaired) electrons. The third-order valence-electron chi connectivity index (χ3n) is 2.15. The van der Waals surface area contributed by atoms with Gasteiger partial charge in [0, 0.05) is 36.8 Å². The van der Waals surface area contributed by atoms with Gasteiger partial charge in [-0.1, -0.05) is 0 Å². The Morgan fingerprint density at radius 2 is 2.00 bits per heavy atom. The van der Waals surface area contributed by atoms with Crippen molar-refractivity contribution in [2.45, 2.75) is 0 Å². The highest BCUT2D eigenvalue weighted by Crippen LogP contribution is 2.14. The molecule has 5 heteroatoms. The predicted molar refractivity (Wildman–Crippen MR) is 67.3 cm³/mol. The lowest BCUT2D eigenvalue weighted by Crippen LogP contribution is -2.43. The smallest absolute Gasteiger partial charge is 0.128 e. The molecule has 0 unspecified atom stereocenters. The van der Waals surface area contributed by atoms with Crippen LogP contribution in [0.1, 0.15) is 0 Å². The van der Waals surface area contributed by atoms with E-state index in [4.69, 9.17) is 0 Å². The topological polar surface area (TPSA) is 28.2 Å². The van der Waals surface area contributed by atoms with Crippen LogP contribution in [-0.2, 0) is 0 Å². The van der Waals surface area contributed by atoms with Crippen LogP contribution in [0.2, 0.25) is 0 Å². The quantitative estimate of drug-likeness (QED) is 0.855. The molecule has 0 atom stereocenters. The van der Waals surface area contributed by atoms with E-state index >= 15 is 0 Å². The maximum atomic E-state index is 4.35. The van der Waals surface area contributed by atoms with Gasteiger partial charge >= 0.3 is 0 Å². The Morgan fingerprint density at radius 3 is 2.57 bits per heavy atom. The molecule has 0 amide bonds. The molecule has 1 aliphatic rings. The summed E-state index contributed by atoms with van der Waals surface area (Å²) in [5, 5.41) is 3.32. The predicted octanol–water partition coefficient (Wildman–Crippen LogP) is 1.83. The van der Waals surface area contributed by atoms with Crippen molar-refractivity contribution in [3.63, 3.8) is 0 Å². The molecular weight excluding hydrogens is 310 g/mol. The van der Waals surface area contributed by atoms with Crippen LogP contribution in [0, 0.1) is 0 Å². The van der Waals surface area contributed by atoms with Gasteiger partial charge in [0.25, 0.3) is 0 Å². The van der Waals surface area contributed by atoms with Crippen molar-refractivity contribution in [1.29, 1.82) is 0 Å². The summed E-state index contributed by atoms with van der Waals surface area (Å²) in [4.78, 5) is 6.65. The zero-order chi connectivity index (χ0) is 9.10. The molecule has 0 aliphatic carbocycles. The molecule has 1 aromatic rings. The Hall–Kier alpha value is -0.130. The minimum Gasteiger partial charge on any atom is -0.354 e. The number of hydrogen-bond donors (Lipinski definition) is 1. The lowest BCUT2D eigenvalue weighted by atomic mass is 10.3. The SMILES string of the molecule is Br.Brc1ccc(N2CCNCC2)nc1. The van der Waals surface area contributed by atoms with Crippen LogP contribution in [0.3, 0.4) is 0 Å². The van der Waals surface area contributed by atoms with Gasteiger partial charge in [-0.2, -0.15) is 0 Å². The third kappa shape index (κ3) is 2.93. The molecule has 1 aromatic heterocycles. The first-order valence-electron chi connectivity index (χ1n) is 4.43. The molecule has 1 aliphatic heterocycles. The summed E-state index contributed by atoms with van der Waals surface area (Å²) in [6, 6.07) is 4.08. The molecule has 0 saturated carbocycles. The van der Waals surface area contributed by atoms with Crippen LogP contribution >= 0.6 is 32.9 Å². The Labute approximate surface area is 103 Å². The van der Waals surface area contributed by atoms with Gasteiger partial charge in [-0.25, -0.2) is 4.98 Å². The minimum absolute atomic E-state index is 0. The van der Waals surface area contributed by atoms with E-state index in [0.29, 0.717) is 0 Å². The third-order valence-corrected chi connectivity index (χ3v) is 2.62.